The number of β-lactam (4-membered cyclic amide) rings is 1. The van der Waals surface area contributed by atoms with Gasteiger partial charge < -0.3 is 15.1 Å². The van der Waals surface area contributed by atoms with Crippen LogP contribution in [0.15, 0.2) is 28.9 Å². The molecule has 1 aromatic rings. The maximum atomic E-state index is 12.1. The number of aryl methyl sites for hydroxylation is 1. The van der Waals surface area contributed by atoms with Crippen LogP contribution in [-0.2, 0) is 15.3 Å². The smallest absolute Gasteiger partial charge is 0.353 e. The normalized spacial score (nSPS) is 24.5. The lowest BCUT2D eigenvalue weighted by Crippen LogP contribution is -2.61. The van der Waals surface area contributed by atoms with Gasteiger partial charge in [0.15, 0.2) is 0 Å². The van der Waals surface area contributed by atoms with Gasteiger partial charge in [0, 0.05) is 29.0 Å². The largest absolute Gasteiger partial charge is 0.477 e. The molecule has 0 radical (unpaired) electrons. The summed E-state index contributed by atoms with van der Waals surface area (Å²) in [6, 6.07) is 3.65. The van der Waals surface area contributed by atoms with E-state index in [0.29, 0.717) is 17.1 Å². The summed E-state index contributed by atoms with van der Waals surface area (Å²) < 4.78 is 0. The average molecular weight is 334 g/mol. The van der Waals surface area contributed by atoms with Crippen LogP contribution in [0.2, 0.25) is 0 Å². The predicted octanol–water partition coefficient (Wildman–Crippen LogP) is 1.53. The van der Waals surface area contributed by atoms with Crippen LogP contribution in [-0.4, -0.2) is 44.1 Å². The fourth-order valence-corrected chi connectivity index (χ4v) is 4.24. The molecule has 6 nitrogen and oxygen atoms in total. The third-order valence-electron chi connectivity index (χ3n) is 4.28. The zero-order chi connectivity index (χ0) is 16.7. The molecular formula is C16H18N2O4S. The number of hydrogen-bond acceptors (Lipinski definition) is 5. The van der Waals surface area contributed by atoms with Crippen molar-refractivity contribution in [2.75, 3.05) is 0 Å². The first-order chi connectivity index (χ1) is 10.9. The zero-order valence-electron chi connectivity index (χ0n) is 12.9. The highest BCUT2D eigenvalue weighted by atomic mass is 32.2. The molecule has 0 aliphatic carbocycles. The van der Waals surface area contributed by atoms with E-state index in [0.717, 1.165) is 11.3 Å². The first-order valence-electron chi connectivity index (χ1n) is 7.42. The van der Waals surface area contributed by atoms with E-state index in [-0.39, 0.29) is 17.6 Å². The Morgan fingerprint density at radius 2 is 2.26 bits per heavy atom. The van der Waals surface area contributed by atoms with Gasteiger partial charge in [-0.05, 0) is 25.5 Å². The number of carbonyl (C=O) groups excluding carboxylic acids is 1. The molecule has 2 N–H and O–H groups in total. The van der Waals surface area contributed by atoms with Gasteiger partial charge in [-0.1, -0.05) is 6.07 Å². The van der Waals surface area contributed by atoms with Gasteiger partial charge in [-0.15, -0.1) is 11.8 Å². The number of aliphatic hydroxyl groups is 1. The molecule has 3 unspecified atom stereocenters. The maximum Gasteiger partial charge on any atom is 0.353 e. The Morgan fingerprint density at radius 3 is 2.83 bits per heavy atom. The lowest BCUT2D eigenvalue weighted by Gasteiger charge is -2.44. The Balaban J connectivity index is 1.77. The quantitative estimate of drug-likeness (QED) is 0.794. The number of aliphatic hydroxyl groups excluding tert-OH is 1. The van der Waals surface area contributed by atoms with E-state index in [9.17, 15) is 19.8 Å². The summed E-state index contributed by atoms with van der Waals surface area (Å²) in [5.41, 5.74) is 2.01. The van der Waals surface area contributed by atoms with E-state index in [1.807, 2.05) is 19.1 Å². The monoisotopic (exact) mass is 334 g/mol. The van der Waals surface area contributed by atoms with Crippen LogP contribution in [0.4, 0.5) is 0 Å². The van der Waals surface area contributed by atoms with Crippen LogP contribution < -0.4 is 0 Å². The summed E-state index contributed by atoms with van der Waals surface area (Å²) >= 11 is 1.43. The number of pyridine rings is 1. The number of carbonyl (C=O) groups is 2. The summed E-state index contributed by atoms with van der Waals surface area (Å²) in [7, 11) is 0. The zero-order valence-corrected chi connectivity index (χ0v) is 13.7. The van der Waals surface area contributed by atoms with Crippen LogP contribution in [0, 0.1) is 12.8 Å². The van der Waals surface area contributed by atoms with Crippen LogP contribution in [0.25, 0.3) is 0 Å². The second-order valence-corrected chi connectivity index (χ2v) is 6.99. The van der Waals surface area contributed by atoms with Crippen molar-refractivity contribution >= 4 is 23.6 Å². The van der Waals surface area contributed by atoms with Gasteiger partial charge in [-0.2, -0.15) is 0 Å². The lowest BCUT2D eigenvalue weighted by atomic mass is 9.83. The van der Waals surface area contributed by atoms with Gasteiger partial charge in [-0.25, -0.2) is 4.79 Å². The molecule has 1 saturated heterocycles. The number of carboxylic acids is 1. The fraction of sp³-hybridized carbons (Fsp3) is 0.438. The molecule has 122 valence electrons. The van der Waals surface area contributed by atoms with Gasteiger partial charge in [0.2, 0.25) is 5.91 Å². The van der Waals surface area contributed by atoms with Crippen molar-refractivity contribution in [3.63, 3.8) is 0 Å². The molecule has 3 atom stereocenters. The Kier molecular flexibility index (Phi) is 4.16. The number of aromatic nitrogens is 1. The number of carboxylic acid groups (broad SMARTS) is 1. The van der Waals surface area contributed by atoms with Gasteiger partial charge in [-0.3, -0.25) is 9.78 Å². The molecular weight excluding hydrogens is 316 g/mol. The summed E-state index contributed by atoms with van der Waals surface area (Å²) in [4.78, 5) is 29.9. The summed E-state index contributed by atoms with van der Waals surface area (Å²) in [5, 5.41) is 19.1. The van der Waals surface area contributed by atoms with Crippen molar-refractivity contribution < 1.29 is 19.8 Å². The number of fused-ring (bicyclic) bond motifs is 1. The second kappa shape index (κ2) is 5.98. The molecule has 23 heavy (non-hydrogen) atoms. The molecule has 3 heterocycles. The van der Waals surface area contributed by atoms with E-state index in [1.165, 1.54) is 16.7 Å². The van der Waals surface area contributed by atoms with Crippen molar-refractivity contribution in [2.45, 2.75) is 38.2 Å². The highest BCUT2D eigenvalue weighted by Crippen LogP contribution is 2.47. The Bertz CT molecular complexity index is 684. The highest BCUT2D eigenvalue weighted by molar-refractivity contribution is 8.02. The van der Waals surface area contributed by atoms with Crippen LogP contribution in [0.3, 0.4) is 0 Å². The topological polar surface area (TPSA) is 90.7 Å². The molecule has 2 aliphatic rings. The number of thioether (sulfide) groups is 1. The molecule has 7 heteroatoms. The van der Waals surface area contributed by atoms with Gasteiger partial charge in [0.05, 0.1) is 18.1 Å². The van der Waals surface area contributed by atoms with Gasteiger partial charge >= 0.3 is 5.97 Å². The van der Waals surface area contributed by atoms with E-state index >= 15 is 0 Å². The molecule has 0 aromatic carbocycles. The molecule has 1 fully saturated rings. The first-order valence-corrected chi connectivity index (χ1v) is 8.40. The van der Waals surface area contributed by atoms with E-state index < -0.39 is 18.0 Å². The minimum atomic E-state index is -1.09. The van der Waals surface area contributed by atoms with Crippen molar-refractivity contribution in [1.29, 1.82) is 0 Å². The summed E-state index contributed by atoms with van der Waals surface area (Å²) in [6.07, 6.45) is 1.51. The Labute approximate surface area is 138 Å². The number of aliphatic carboxylic acids is 1. The lowest BCUT2D eigenvalue weighted by molar-refractivity contribution is -0.161. The summed E-state index contributed by atoms with van der Waals surface area (Å²) in [5.74, 6) is -1.28. The fourth-order valence-electron chi connectivity index (χ4n) is 3.11. The maximum absolute atomic E-state index is 12.1. The number of nitrogens with zero attached hydrogens (tertiary/aromatic N) is 2. The summed E-state index contributed by atoms with van der Waals surface area (Å²) in [6.45, 7) is 3.48. The van der Waals surface area contributed by atoms with E-state index in [2.05, 4.69) is 4.98 Å². The molecule has 0 bridgehead atoms. The Hall–Kier alpha value is -1.86. The Morgan fingerprint density at radius 1 is 1.52 bits per heavy atom. The average Bonchev–Trinajstić information content (AvgIpc) is 2.81. The molecule has 2 aliphatic heterocycles. The van der Waals surface area contributed by atoms with Gasteiger partial charge in [0.25, 0.3) is 0 Å². The number of rotatable bonds is 5. The van der Waals surface area contributed by atoms with Gasteiger partial charge in [0.1, 0.15) is 5.70 Å². The minimum absolute atomic E-state index is 0.0713. The molecule has 1 aromatic heterocycles. The minimum Gasteiger partial charge on any atom is -0.477 e. The number of amides is 1. The van der Waals surface area contributed by atoms with Crippen LogP contribution in [0.5, 0.6) is 0 Å². The van der Waals surface area contributed by atoms with Crippen molar-refractivity contribution in [3.8, 4) is 0 Å². The van der Waals surface area contributed by atoms with E-state index in [1.54, 1.807) is 13.1 Å². The van der Waals surface area contributed by atoms with Crippen molar-refractivity contribution in [2.24, 2.45) is 5.92 Å². The SMILES string of the molecule is Cc1ccc(CSC2=C(C(=O)O)N3C(=O)C(C(C)O)C3C2)cn1. The first kappa shape index (κ1) is 16.0. The molecule has 3 rings (SSSR count). The third kappa shape index (κ3) is 2.74. The number of hydrogen-bond donors (Lipinski definition) is 2. The molecule has 0 saturated carbocycles. The van der Waals surface area contributed by atoms with Crippen LogP contribution >= 0.6 is 11.8 Å². The predicted molar refractivity (Wildman–Crippen MR) is 85.4 cm³/mol. The van der Waals surface area contributed by atoms with E-state index in [4.69, 9.17) is 0 Å². The van der Waals surface area contributed by atoms with Crippen LogP contribution in [0.1, 0.15) is 24.6 Å². The standard InChI is InChI=1S/C16H18N2O4S/c1-8-3-4-10(6-17-8)7-23-12-5-11-13(9(2)19)15(20)18(11)14(12)16(21)22/h3-4,6,9,11,13,19H,5,7H2,1-2H3,(H,21,22). The highest BCUT2D eigenvalue weighted by Gasteiger charge is 2.56. The molecule has 1 amide bonds. The third-order valence-corrected chi connectivity index (χ3v) is 5.46. The van der Waals surface area contributed by atoms with Crippen molar-refractivity contribution in [1.82, 2.24) is 9.88 Å². The second-order valence-electron chi connectivity index (χ2n) is 5.92. The van der Waals surface area contributed by atoms with Crippen molar-refractivity contribution in [3.05, 3.63) is 40.2 Å². The molecule has 0 spiro atoms.